The molecule has 0 aliphatic heterocycles. The minimum absolute atomic E-state index is 0.119. The molecule has 0 saturated carbocycles. The quantitative estimate of drug-likeness (QED) is 0.753. The molecular formula is C21H25ClN2O3. The number of rotatable bonds is 8. The number of ether oxygens (including phenoxy) is 1. The molecule has 27 heavy (non-hydrogen) atoms. The lowest BCUT2D eigenvalue weighted by Crippen LogP contribution is -2.48. The molecule has 0 aliphatic rings. The Labute approximate surface area is 165 Å². The Bertz CT molecular complexity index is 760. The van der Waals surface area contributed by atoms with Gasteiger partial charge in [0.25, 0.3) is 0 Å². The summed E-state index contributed by atoms with van der Waals surface area (Å²) in [6.45, 7) is 4.46. The average Bonchev–Trinajstić information content (AvgIpc) is 2.68. The van der Waals surface area contributed by atoms with E-state index in [2.05, 4.69) is 5.32 Å². The number of amides is 2. The van der Waals surface area contributed by atoms with Crippen LogP contribution in [0.15, 0.2) is 48.5 Å². The van der Waals surface area contributed by atoms with Crippen LogP contribution in [0.25, 0.3) is 0 Å². The lowest BCUT2D eigenvalue weighted by atomic mass is 10.1. The molecule has 2 amide bonds. The van der Waals surface area contributed by atoms with Crippen LogP contribution in [0.3, 0.4) is 0 Å². The normalized spacial score (nSPS) is 11.6. The van der Waals surface area contributed by atoms with Gasteiger partial charge in [-0.1, -0.05) is 35.9 Å². The van der Waals surface area contributed by atoms with Crippen molar-refractivity contribution in [3.8, 4) is 5.75 Å². The number of benzene rings is 2. The largest absolute Gasteiger partial charge is 0.497 e. The van der Waals surface area contributed by atoms with Crippen LogP contribution in [0.4, 0.5) is 0 Å². The molecule has 1 N–H and O–H groups in total. The second kappa shape index (κ2) is 9.97. The fourth-order valence-electron chi connectivity index (χ4n) is 2.71. The summed E-state index contributed by atoms with van der Waals surface area (Å²) in [5.41, 5.74) is 1.78. The zero-order valence-electron chi connectivity index (χ0n) is 15.9. The number of hydrogen-bond acceptors (Lipinski definition) is 3. The first-order valence-electron chi connectivity index (χ1n) is 8.89. The van der Waals surface area contributed by atoms with Crippen molar-refractivity contribution in [3.05, 3.63) is 64.7 Å². The maximum absolute atomic E-state index is 13.0. The highest BCUT2D eigenvalue weighted by molar-refractivity contribution is 6.30. The number of halogens is 1. The van der Waals surface area contributed by atoms with Gasteiger partial charge in [0.2, 0.25) is 11.8 Å². The molecule has 0 fully saturated rings. The first-order valence-corrected chi connectivity index (χ1v) is 9.27. The fourth-order valence-corrected chi connectivity index (χ4v) is 2.84. The van der Waals surface area contributed by atoms with Gasteiger partial charge >= 0.3 is 0 Å². The summed E-state index contributed by atoms with van der Waals surface area (Å²) in [6.07, 6.45) is 0.205. The van der Waals surface area contributed by atoms with Crippen molar-refractivity contribution in [1.29, 1.82) is 0 Å². The highest BCUT2D eigenvalue weighted by atomic mass is 35.5. The minimum Gasteiger partial charge on any atom is -0.497 e. The van der Waals surface area contributed by atoms with E-state index in [1.807, 2.05) is 43.3 Å². The molecule has 1 atom stereocenters. The Morgan fingerprint density at radius 3 is 2.22 bits per heavy atom. The second-order valence-corrected chi connectivity index (χ2v) is 6.68. The molecule has 0 heterocycles. The molecule has 2 aromatic carbocycles. The smallest absolute Gasteiger partial charge is 0.242 e. The van der Waals surface area contributed by atoms with Crippen LogP contribution < -0.4 is 10.1 Å². The molecule has 0 saturated heterocycles. The van der Waals surface area contributed by atoms with E-state index < -0.39 is 6.04 Å². The third-order valence-corrected chi connectivity index (χ3v) is 4.55. The lowest BCUT2D eigenvalue weighted by molar-refractivity contribution is -0.140. The summed E-state index contributed by atoms with van der Waals surface area (Å²) >= 11 is 5.91. The Hall–Kier alpha value is -2.53. The molecule has 0 bridgehead atoms. The Balaban J connectivity index is 2.20. The van der Waals surface area contributed by atoms with E-state index >= 15 is 0 Å². The topological polar surface area (TPSA) is 58.6 Å². The van der Waals surface area contributed by atoms with Gasteiger partial charge < -0.3 is 15.0 Å². The molecule has 2 rings (SSSR count). The van der Waals surface area contributed by atoms with E-state index in [-0.39, 0.29) is 18.2 Å². The van der Waals surface area contributed by atoms with Gasteiger partial charge in [0.05, 0.1) is 13.5 Å². The molecule has 6 heteroatoms. The standard InChI is InChI=1S/C21H25ClN2O3/c1-4-23-21(26)15(2)24(14-17-7-11-19(27-3)12-8-17)20(25)13-16-5-9-18(22)10-6-16/h5-12,15H,4,13-14H2,1-3H3,(H,23,26)/t15-/m1/s1. The number of likely N-dealkylation sites (N-methyl/N-ethyl adjacent to an activating group) is 1. The maximum Gasteiger partial charge on any atom is 0.242 e. The van der Waals surface area contributed by atoms with Gasteiger partial charge in [-0.05, 0) is 49.2 Å². The molecule has 2 aromatic rings. The van der Waals surface area contributed by atoms with Gasteiger partial charge in [0.15, 0.2) is 0 Å². The minimum atomic E-state index is -0.577. The monoisotopic (exact) mass is 388 g/mol. The van der Waals surface area contributed by atoms with Crippen LogP contribution in [-0.2, 0) is 22.6 Å². The lowest BCUT2D eigenvalue weighted by Gasteiger charge is -2.29. The van der Waals surface area contributed by atoms with Gasteiger partial charge in [-0.15, -0.1) is 0 Å². The van der Waals surface area contributed by atoms with Crippen LogP contribution in [0.5, 0.6) is 5.75 Å². The van der Waals surface area contributed by atoms with E-state index in [1.54, 1.807) is 31.1 Å². The molecule has 0 spiro atoms. The van der Waals surface area contributed by atoms with Crippen molar-refractivity contribution in [3.63, 3.8) is 0 Å². The van der Waals surface area contributed by atoms with Crippen LogP contribution in [-0.4, -0.2) is 36.4 Å². The van der Waals surface area contributed by atoms with E-state index in [9.17, 15) is 9.59 Å². The number of methoxy groups -OCH3 is 1. The summed E-state index contributed by atoms with van der Waals surface area (Å²) in [6, 6.07) is 14.0. The number of carbonyl (C=O) groups excluding carboxylic acids is 2. The first kappa shape index (κ1) is 20.8. The van der Waals surface area contributed by atoms with Crippen molar-refractivity contribution < 1.29 is 14.3 Å². The zero-order valence-corrected chi connectivity index (χ0v) is 16.6. The highest BCUT2D eigenvalue weighted by Crippen LogP contribution is 2.17. The molecule has 0 aromatic heterocycles. The molecule has 0 radical (unpaired) electrons. The van der Waals surface area contributed by atoms with Crippen molar-refractivity contribution in [2.75, 3.05) is 13.7 Å². The maximum atomic E-state index is 13.0. The van der Waals surface area contributed by atoms with Crippen LogP contribution in [0, 0.1) is 0 Å². The molecular weight excluding hydrogens is 364 g/mol. The average molecular weight is 389 g/mol. The van der Waals surface area contributed by atoms with Crippen molar-refractivity contribution >= 4 is 23.4 Å². The van der Waals surface area contributed by atoms with Gasteiger partial charge in [-0.3, -0.25) is 9.59 Å². The molecule has 5 nitrogen and oxygen atoms in total. The summed E-state index contributed by atoms with van der Waals surface area (Å²) in [4.78, 5) is 26.9. The highest BCUT2D eigenvalue weighted by Gasteiger charge is 2.25. The Kier molecular flexibility index (Phi) is 7.67. The Morgan fingerprint density at radius 2 is 1.67 bits per heavy atom. The molecule has 0 unspecified atom stereocenters. The predicted molar refractivity (Wildman–Crippen MR) is 107 cm³/mol. The van der Waals surface area contributed by atoms with Crippen molar-refractivity contribution in [2.24, 2.45) is 0 Å². The number of nitrogens with zero attached hydrogens (tertiary/aromatic N) is 1. The Morgan fingerprint density at radius 1 is 1.07 bits per heavy atom. The van der Waals surface area contributed by atoms with E-state index in [0.717, 1.165) is 16.9 Å². The third kappa shape index (κ3) is 6.00. The van der Waals surface area contributed by atoms with Gasteiger partial charge in [-0.2, -0.15) is 0 Å². The van der Waals surface area contributed by atoms with Gasteiger partial charge in [0, 0.05) is 18.1 Å². The van der Waals surface area contributed by atoms with Gasteiger partial charge in [-0.25, -0.2) is 0 Å². The van der Waals surface area contributed by atoms with Crippen LogP contribution in [0.1, 0.15) is 25.0 Å². The third-order valence-electron chi connectivity index (χ3n) is 4.30. The van der Waals surface area contributed by atoms with Gasteiger partial charge in [0.1, 0.15) is 11.8 Å². The molecule has 144 valence electrons. The summed E-state index contributed by atoms with van der Waals surface area (Å²) in [5, 5.41) is 3.41. The second-order valence-electron chi connectivity index (χ2n) is 6.24. The molecule has 0 aliphatic carbocycles. The zero-order chi connectivity index (χ0) is 19.8. The van der Waals surface area contributed by atoms with Crippen LogP contribution >= 0.6 is 11.6 Å². The van der Waals surface area contributed by atoms with E-state index in [1.165, 1.54) is 0 Å². The summed E-state index contributed by atoms with van der Waals surface area (Å²) in [7, 11) is 1.61. The summed E-state index contributed by atoms with van der Waals surface area (Å²) < 4.78 is 5.17. The number of nitrogens with one attached hydrogen (secondary N) is 1. The van der Waals surface area contributed by atoms with E-state index in [4.69, 9.17) is 16.3 Å². The number of hydrogen-bond donors (Lipinski definition) is 1. The summed E-state index contributed by atoms with van der Waals surface area (Å²) in [5.74, 6) is 0.455. The van der Waals surface area contributed by atoms with Crippen molar-refractivity contribution in [1.82, 2.24) is 10.2 Å². The van der Waals surface area contributed by atoms with Crippen molar-refractivity contribution in [2.45, 2.75) is 32.9 Å². The predicted octanol–water partition coefficient (Wildman–Crippen LogP) is 3.44. The SMILES string of the molecule is CCNC(=O)[C@@H](C)N(Cc1ccc(OC)cc1)C(=O)Cc1ccc(Cl)cc1. The fraction of sp³-hybridized carbons (Fsp3) is 0.333. The number of carbonyl (C=O) groups is 2. The first-order chi connectivity index (χ1) is 12.9. The van der Waals surface area contributed by atoms with E-state index in [0.29, 0.717) is 18.1 Å². The van der Waals surface area contributed by atoms with Crippen LogP contribution in [0.2, 0.25) is 5.02 Å².